The minimum atomic E-state index is -0.271. The van der Waals surface area contributed by atoms with E-state index in [1.54, 1.807) is 17.9 Å². The number of aromatic nitrogens is 3. The molecule has 0 unspecified atom stereocenters. The number of nitrogens with two attached hydrogens (primary N) is 1. The van der Waals surface area contributed by atoms with Gasteiger partial charge in [-0.15, -0.1) is 11.3 Å². The Labute approximate surface area is 118 Å². The van der Waals surface area contributed by atoms with Gasteiger partial charge in [0.2, 0.25) is 0 Å². The molecule has 0 aliphatic heterocycles. The van der Waals surface area contributed by atoms with Gasteiger partial charge in [-0.05, 0) is 17.7 Å². The van der Waals surface area contributed by atoms with Gasteiger partial charge < -0.3 is 16.0 Å². The first-order valence-electron chi connectivity index (χ1n) is 5.83. The van der Waals surface area contributed by atoms with E-state index in [-0.39, 0.29) is 5.91 Å². The van der Waals surface area contributed by atoms with Crippen molar-refractivity contribution in [1.29, 1.82) is 0 Å². The Morgan fingerprint density at radius 2 is 2.10 bits per heavy atom. The smallest absolute Gasteiger partial charge is 0.275 e. The second-order valence-corrected chi connectivity index (χ2v) is 4.96. The predicted molar refractivity (Wildman–Crippen MR) is 78.5 cm³/mol. The summed E-state index contributed by atoms with van der Waals surface area (Å²) < 4.78 is 0. The largest absolute Gasteiger partial charge is 0.375 e. The SMILES string of the molecule is Nc1nc(C(=O)Nc2ccc(-c3cnc[nH]3)cc2)cs1. The first-order valence-corrected chi connectivity index (χ1v) is 6.71. The van der Waals surface area contributed by atoms with Crippen LogP contribution in [0.15, 0.2) is 42.2 Å². The maximum Gasteiger partial charge on any atom is 0.275 e. The zero-order chi connectivity index (χ0) is 13.9. The van der Waals surface area contributed by atoms with Crippen LogP contribution in [0.2, 0.25) is 0 Å². The fourth-order valence-corrected chi connectivity index (χ4v) is 2.28. The number of imidazole rings is 1. The van der Waals surface area contributed by atoms with Crippen LogP contribution >= 0.6 is 11.3 Å². The van der Waals surface area contributed by atoms with Gasteiger partial charge in [0.15, 0.2) is 5.13 Å². The van der Waals surface area contributed by atoms with Gasteiger partial charge in [-0.2, -0.15) is 0 Å². The fourth-order valence-electron chi connectivity index (χ4n) is 1.73. The standard InChI is InChI=1S/C13H11N5OS/c14-13-18-11(6-20-13)12(19)17-9-3-1-8(2-4-9)10-5-15-7-16-10/h1-7H,(H2,14,18)(H,15,16)(H,17,19). The molecular weight excluding hydrogens is 274 g/mol. The van der Waals surface area contributed by atoms with Crippen LogP contribution in [-0.2, 0) is 0 Å². The molecule has 7 heteroatoms. The van der Waals surface area contributed by atoms with Gasteiger partial charge in [0.1, 0.15) is 5.69 Å². The monoisotopic (exact) mass is 285 g/mol. The van der Waals surface area contributed by atoms with E-state index in [0.29, 0.717) is 16.5 Å². The number of carbonyl (C=O) groups is 1. The number of H-pyrrole nitrogens is 1. The number of thiazole rings is 1. The molecule has 0 aliphatic carbocycles. The third kappa shape index (κ3) is 2.52. The normalized spacial score (nSPS) is 10.4. The summed E-state index contributed by atoms with van der Waals surface area (Å²) in [5.41, 5.74) is 8.45. The summed E-state index contributed by atoms with van der Waals surface area (Å²) in [5, 5.41) is 4.78. The lowest BCUT2D eigenvalue weighted by molar-refractivity contribution is 0.102. The molecule has 0 aliphatic rings. The van der Waals surface area contributed by atoms with Crippen LogP contribution in [0.3, 0.4) is 0 Å². The first-order chi connectivity index (χ1) is 9.72. The molecule has 0 atom stereocenters. The maximum absolute atomic E-state index is 11.9. The van der Waals surface area contributed by atoms with Crippen molar-refractivity contribution in [3.8, 4) is 11.3 Å². The molecule has 3 rings (SSSR count). The van der Waals surface area contributed by atoms with Gasteiger partial charge >= 0.3 is 0 Å². The van der Waals surface area contributed by atoms with E-state index in [1.807, 2.05) is 24.3 Å². The maximum atomic E-state index is 11.9. The number of nitrogens with one attached hydrogen (secondary N) is 2. The average molecular weight is 285 g/mol. The van der Waals surface area contributed by atoms with Crippen molar-refractivity contribution in [2.24, 2.45) is 0 Å². The lowest BCUT2D eigenvalue weighted by Crippen LogP contribution is -2.12. The molecule has 0 saturated carbocycles. The van der Waals surface area contributed by atoms with E-state index < -0.39 is 0 Å². The topological polar surface area (TPSA) is 96.7 Å². The van der Waals surface area contributed by atoms with Gasteiger partial charge in [0, 0.05) is 11.1 Å². The highest BCUT2D eigenvalue weighted by Gasteiger charge is 2.09. The van der Waals surface area contributed by atoms with E-state index in [2.05, 4.69) is 20.3 Å². The Hall–Kier alpha value is -2.67. The molecule has 2 aromatic heterocycles. The van der Waals surface area contributed by atoms with Crippen LogP contribution in [0.5, 0.6) is 0 Å². The Balaban J connectivity index is 1.74. The van der Waals surface area contributed by atoms with E-state index in [4.69, 9.17) is 5.73 Å². The molecule has 1 amide bonds. The molecule has 20 heavy (non-hydrogen) atoms. The minimum Gasteiger partial charge on any atom is -0.375 e. The van der Waals surface area contributed by atoms with Crippen molar-refractivity contribution < 1.29 is 4.79 Å². The van der Waals surface area contributed by atoms with Crippen molar-refractivity contribution in [2.45, 2.75) is 0 Å². The second-order valence-electron chi connectivity index (χ2n) is 4.07. The van der Waals surface area contributed by atoms with Crippen LogP contribution in [0, 0.1) is 0 Å². The van der Waals surface area contributed by atoms with E-state index >= 15 is 0 Å². The summed E-state index contributed by atoms with van der Waals surface area (Å²) in [4.78, 5) is 22.8. The number of aromatic amines is 1. The molecule has 4 N–H and O–H groups in total. The quantitative estimate of drug-likeness (QED) is 0.688. The molecule has 1 aromatic carbocycles. The van der Waals surface area contributed by atoms with Crippen LogP contribution in [0.4, 0.5) is 10.8 Å². The van der Waals surface area contributed by atoms with Crippen LogP contribution in [-0.4, -0.2) is 20.9 Å². The van der Waals surface area contributed by atoms with Gasteiger partial charge in [-0.3, -0.25) is 4.79 Å². The molecule has 2 heterocycles. The lowest BCUT2D eigenvalue weighted by Gasteiger charge is -2.04. The zero-order valence-electron chi connectivity index (χ0n) is 10.3. The summed E-state index contributed by atoms with van der Waals surface area (Å²) >= 11 is 1.24. The molecular formula is C13H11N5OS. The Bertz CT molecular complexity index is 718. The zero-order valence-corrected chi connectivity index (χ0v) is 11.1. The van der Waals surface area contributed by atoms with Crippen LogP contribution in [0.1, 0.15) is 10.5 Å². The van der Waals surface area contributed by atoms with Crippen LogP contribution in [0.25, 0.3) is 11.3 Å². The summed E-state index contributed by atoms with van der Waals surface area (Å²) in [6.45, 7) is 0. The number of nitrogens with zero attached hydrogens (tertiary/aromatic N) is 2. The van der Waals surface area contributed by atoms with Crippen molar-refractivity contribution in [3.05, 3.63) is 47.9 Å². The van der Waals surface area contributed by atoms with Crippen molar-refractivity contribution >= 4 is 28.1 Å². The highest BCUT2D eigenvalue weighted by molar-refractivity contribution is 7.13. The van der Waals surface area contributed by atoms with Crippen molar-refractivity contribution in [1.82, 2.24) is 15.0 Å². The van der Waals surface area contributed by atoms with E-state index in [0.717, 1.165) is 11.3 Å². The number of nitrogen functional groups attached to an aromatic ring is 1. The number of benzene rings is 1. The molecule has 0 saturated heterocycles. The van der Waals surface area contributed by atoms with Crippen LogP contribution < -0.4 is 11.1 Å². The summed E-state index contributed by atoms with van der Waals surface area (Å²) in [6.07, 6.45) is 3.36. The van der Waals surface area contributed by atoms with Gasteiger partial charge in [-0.1, -0.05) is 12.1 Å². The number of hydrogen-bond acceptors (Lipinski definition) is 5. The van der Waals surface area contributed by atoms with Crippen molar-refractivity contribution in [2.75, 3.05) is 11.1 Å². The highest BCUT2D eigenvalue weighted by atomic mass is 32.1. The lowest BCUT2D eigenvalue weighted by atomic mass is 10.1. The van der Waals surface area contributed by atoms with Gasteiger partial charge in [0.25, 0.3) is 5.91 Å². The summed E-state index contributed by atoms with van der Waals surface area (Å²) in [5.74, 6) is -0.271. The predicted octanol–water partition coefficient (Wildman–Crippen LogP) is 2.37. The van der Waals surface area contributed by atoms with Gasteiger partial charge in [-0.25, -0.2) is 9.97 Å². The molecule has 100 valence electrons. The average Bonchev–Trinajstić information content (AvgIpc) is 3.10. The highest BCUT2D eigenvalue weighted by Crippen LogP contribution is 2.19. The summed E-state index contributed by atoms with van der Waals surface area (Å²) in [7, 11) is 0. The van der Waals surface area contributed by atoms with E-state index in [9.17, 15) is 4.79 Å². The minimum absolute atomic E-state index is 0.271. The Morgan fingerprint density at radius 3 is 2.70 bits per heavy atom. The molecule has 3 aromatic rings. The number of amides is 1. The molecule has 0 radical (unpaired) electrons. The third-order valence-electron chi connectivity index (χ3n) is 2.71. The number of carbonyl (C=O) groups excluding carboxylic acids is 1. The van der Waals surface area contributed by atoms with Crippen molar-refractivity contribution in [3.63, 3.8) is 0 Å². The molecule has 0 bridgehead atoms. The molecule has 6 nitrogen and oxygen atoms in total. The Morgan fingerprint density at radius 1 is 1.30 bits per heavy atom. The second kappa shape index (κ2) is 5.14. The Kier molecular flexibility index (Phi) is 3.18. The number of hydrogen-bond donors (Lipinski definition) is 3. The number of anilines is 2. The van der Waals surface area contributed by atoms with E-state index in [1.165, 1.54) is 11.3 Å². The van der Waals surface area contributed by atoms with Gasteiger partial charge in [0.05, 0.1) is 18.2 Å². The summed E-state index contributed by atoms with van der Waals surface area (Å²) in [6, 6.07) is 7.45. The third-order valence-corrected chi connectivity index (χ3v) is 3.38. The number of rotatable bonds is 3. The molecule has 0 fully saturated rings. The fraction of sp³-hybridized carbons (Fsp3) is 0. The molecule has 0 spiro atoms. The first kappa shape index (κ1) is 12.4.